The zero-order valence-corrected chi connectivity index (χ0v) is 15.6. The molecule has 146 valence electrons. The first-order valence-corrected chi connectivity index (χ1v) is 9.81. The van der Waals surface area contributed by atoms with Crippen molar-refractivity contribution in [1.29, 1.82) is 0 Å². The molecule has 3 aromatic rings. The van der Waals surface area contributed by atoms with E-state index < -0.39 is 27.7 Å². The van der Waals surface area contributed by atoms with Gasteiger partial charge < -0.3 is 4.98 Å². The highest BCUT2D eigenvalue weighted by molar-refractivity contribution is 7.89. The highest BCUT2D eigenvalue weighted by Gasteiger charge is 2.23. The SMILES string of the molecule is Cc1nc(C[C@H](NS(=O)(=O)c2ccc(F)cc2)c2ccc(F)cc2)cc(=O)[nH]1. The fourth-order valence-electron chi connectivity index (χ4n) is 2.75. The molecule has 0 unspecified atom stereocenters. The first kappa shape index (κ1) is 19.8. The maximum atomic E-state index is 13.3. The summed E-state index contributed by atoms with van der Waals surface area (Å²) in [6.07, 6.45) is 0.0663. The van der Waals surface area contributed by atoms with Gasteiger partial charge in [0.25, 0.3) is 5.56 Å². The van der Waals surface area contributed by atoms with Gasteiger partial charge in [-0.1, -0.05) is 12.1 Å². The number of aromatic amines is 1. The van der Waals surface area contributed by atoms with Crippen molar-refractivity contribution in [3.8, 4) is 0 Å². The summed E-state index contributed by atoms with van der Waals surface area (Å²) in [6, 6.07) is 10.2. The van der Waals surface area contributed by atoms with E-state index in [1.54, 1.807) is 6.92 Å². The lowest BCUT2D eigenvalue weighted by Crippen LogP contribution is -2.30. The van der Waals surface area contributed by atoms with Crippen LogP contribution < -0.4 is 10.3 Å². The van der Waals surface area contributed by atoms with E-state index >= 15 is 0 Å². The largest absolute Gasteiger partial charge is 0.311 e. The average molecular weight is 405 g/mol. The van der Waals surface area contributed by atoms with E-state index in [4.69, 9.17) is 0 Å². The van der Waals surface area contributed by atoms with Crippen molar-refractivity contribution in [1.82, 2.24) is 14.7 Å². The summed E-state index contributed by atoms with van der Waals surface area (Å²) in [5.41, 5.74) is 0.506. The van der Waals surface area contributed by atoms with Crippen LogP contribution in [0.15, 0.2) is 64.3 Å². The van der Waals surface area contributed by atoms with Crippen LogP contribution in [-0.4, -0.2) is 18.4 Å². The molecule has 1 atom stereocenters. The van der Waals surface area contributed by atoms with Crippen molar-refractivity contribution in [2.75, 3.05) is 0 Å². The number of H-pyrrole nitrogens is 1. The molecule has 2 N–H and O–H groups in total. The number of nitrogens with one attached hydrogen (secondary N) is 2. The van der Waals surface area contributed by atoms with Crippen LogP contribution in [0.3, 0.4) is 0 Å². The Morgan fingerprint density at radius 1 is 1.04 bits per heavy atom. The molecule has 0 aliphatic heterocycles. The molecule has 0 saturated carbocycles. The summed E-state index contributed by atoms with van der Waals surface area (Å²) in [4.78, 5) is 18.3. The molecule has 0 radical (unpaired) electrons. The van der Waals surface area contributed by atoms with Crippen LogP contribution in [0.5, 0.6) is 0 Å². The Kier molecular flexibility index (Phi) is 5.66. The molecule has 2 aromatic carbocycles. The van der Waals surface area contributed by atoms with Gasteiger partial charge in [-0.05, 0) is 48.9 Å². The fraction of sp³-hybridized carbons (Fsp3) is 0.158. The lowest BCUT2D eigenvalue weighted by molar-refractivity contribution is 0.551. The van der Waals surface area contributed by atoms with Gasteiger partial charge in [0.05, 0.1) is 10.9 Å². The summed E-state index contributed by atoms with van der Waals surface area (Å²) in [5.74, 6) is -0.631. The maximum absolute atomic E-state index is 13.3. The van der Waals surface area contributed by atoms with E-state index in [1.807, 2.05) is 0 Å². The molecular formula is C19H17F2N3O3S. The van der Waals surface area contributed by atoms with Crippen molar-refractivity contribution >= 4 is 10.0 Å². The second-order valence-corrected chi connectivity index (χ2v) is 7.92. The Labute approximate surface area is 160 Å². The van der Waals surface area contributed by atoms with Crippen LogP contribution in [0.1, 0.15) is 23.1 Å². The van der Waals surface area contributed by atoms with Crippen LogP contribution >= 0.6 is 0 Å². The predicted molar refractivity (Wildman–Crippen MR) is 99.2 cm³/mol. The molecule has 0 aliphatic rings. The predicted octanol–water partition coefficient (Wildman–Crippen LogP) is 2.62. The van der Waals surface area contributed by atoms with Crippen LogP contribution in [-0.2, 0) is 16.4 Å². The van der Waals surface area contributed by atoms with Gasteiger partial charge in [0.1, 0.15) is 17.5 Å². The molecule has 3 rings (SSSR count). The molecule has 6 nitrogen and oxygen atoms in total. The molecule has 28 heavy (non-hydrogen) atoms. The number of nitrogens with zero attached hydrogens (tertiary/aromatic N) is 1. The molecule has 0 spiro atoms. The van der Waals surface area contributed by atoms with Crippen molar-refractivity contribution in [3.05, 3.63) is 93.7 Å². The van der Waals surface area contributed by atoms with Crippen molar-refractivity contribution in [2.45, 2.75) is 24.3 Å². The first-order valence-electron chi connectivity index (χ1n) is 8.33. The van der Waals surface area contributed by atoms with E-state index in [0.29, 0.717) is 17.1 Å². The minimum absolute atomic E-state index is 0.0663. The lowest BCUT2D eigenvalue weighted by Gasteiger charge is -2.19. The summed E-state index contributed by atoms with van der Waals surface area (Å²) in [7, 11) is -4.00. The second-order valence-electron chi connectivity index (χ2n) is 6.21. The van der Waals surface area contributed by atoms with Gasteiger partial charge in [-0.25, -0.2) is 26.9 Å². The van der Waals surface area contributed by atoms with Crippen LogP contribution in [0.4, 0.5) is 8.78 Å². The summed E-state index contributed by atoms with van der Waals surface area (Å²) < 4.78 is 54.4. The zero-order chi connectivity index (χ0) is 20.3. The van der Waals surface area contributed by atoms with Gasteiger partial charge in [0, 0.05) is 18.2 Å². The number of sulfonamides is 1. The molecule has 0 saturated heterocycles. The Morgan fingerprint density at radius 2 is 1.61 bits per heavy atom. The number of aromatic nitrogens is 2. The van der Waals surface area contributed by atoms with Crippen molar-refractivity contribution < 1.29 is 17.2 Å². The summed E-state index contributed by atoms with van der Waals surface area (Å²) in [6.45, 7) is 1.61. The number of hydrogen-bond donors (Lipinski definition) is 2. The highest BCUT2D eigenvalue weighted by atomic mass is 32.2. The molecular weight excluding hydrogens is 388 g/mol. The van der Waals surface area contributed by atoms with Gasteiger partial charge in [0.2, 0.25) is 10.0 Å². The summed E-state index contributed by atoms with van der Waals surface area (Å²) >= 11 is 0. The number of rotatable bonds is 6. The molecule has 0 bridgehead atoms. The quantitative estimate of drug-likeness (QED) is 0.660. The number of benzene rings is 2. The number of halogens is 2. The third kappa shape index (κ3) is 4.87. The maximum Gasteiger partial charge on any atom is 0.251 e. The Bertz CT molecular complexity index is 1130. The van der Waals surface area contributed by atoms with Gasteiger partial charge in [-0.3, -0.25) is 4.79 Å². The Hall–Kier alpha value is -2.91. The van der Waals surface area contributed by atoms with Crippen molar-refractivity contribution in [3.63, 3.8) is 0 Å². The zero-order valence-electron chi connectivity index (χ0n) is 14.8. The lowest BCUT2D eigenvalue weighted by atomic mass is 10.0. The van der Waals surface area contributed by atoms with Gasteiger partial charge in [0.15, 0.2) is 0 Å². The van der Waals surface area contributed by atoms with Crippen LogP contribution in [0.2, 0.25) is 0 Å². The smallest absolute Gasteiger partial charge is 0.251 e. The molecule has 0 fully saturated rings. The monoisotopic (exact) mass is 405 g/mol. The van der Waals surface area contributed by atoms with E-state index in [9.17, 15) is 22.0 Å². The topological polar surface area (TPSA) is 91.9 Å². The molecule has 0 amide bonds. The van der Waals surface area contributed by atoms with Crippen molar-refractivity contribution in [2.24, 2.45) is 0 Å². The number of hydrogen-bond acceptors (Lipinski definition) is 4. The molecule has 9 heteroatoms. The molecule has 1 heterocycles. The fourth-order valence-corrected chi connectivity index (χ4v) is 3.97. The van der Waals surface area contributed by atoms with E-state index in [2.05, 4.69) is 14.7 Å². The first-order chi connectivity index (χ1) is 13.2. The summed E-state index contributed by atoms with van der Waals surface area (Å²) in [5, 5.41) is 0. The minimum atomic E-state index is -4.00. The highest BCUT2D eigenvalue weighted by Crippen LogP contribution is 2.21. The van der Waals surface area contributed by atoms with E-state index in [-0.39, 0.29) is 16.9 Å². The Balaban J connectivity index is 1.97. The van der Waals surface area contributed by atoms with Crippen LogP contribution in [0.25, 0.3) is 0 Å². The molecule has 1 aromatic heterocycles. The standard InChI is InChI=1S/C19H17F2N3O3S/c1-12-22-16(11-19(25)23-12)10-18(13-2-4-14(20)5-3-13)24-28(26,27)17-8-6-15(21)7-9-17/h2-9,11,18,24H,10H2,1H3,(H,22,23,25)/t18-/m0/s1. The van der Waals surface area contributed by atoms with Gasteiger partial charge >= 0.3 is 0 Å². The second kappa shape index (κ2) is 7.99. The van der Waals surface area contributed by atoms with Gasteiger partial charge in [-0.2, -0.15) is 0 Å². The normalized spacial score (nSPS) is 12.7. The third-order valence-electron chi connectivity index (χ3n) is 4.02. The Morgan fingerprint density at radius 3 is 2.18 bits per heavy atom. The number of aryl methyl sites for hydroxylation is 1. The molecule has 0 aliphatic carbocycles. The third-order valence-corrected chi connectivity index (χ3v) is 5.51. The average Bonchev–Trinajstić information content (AvgIpc) is 2.61. The van der Waals surface area contributed by atoms with Gasteiger partial charge in [-0.15, -0.1) is 0 Å². The van der Waals surface area contributed by atoms with Crippen LogP contribution in [0, 0.1) is 18.6 Å². The van der Waals surface area contributed by atoms with E-state index in [0.717, 1.165) is 24.3 Å². The minimum Gasteiger partial charge on any atom is -0.311 e. The van der Waals surface area contributed by atoms with E-state index in [1.165, 1.54) is 30.3 Å².